The largest absolute Gasteiger partial charge is 0.504 e. The van der Waals surface area contributed by atoms with Crippen molar-refractivity contribution >= 4 is 21.9 Å². The fourth-order valence-electron chi connectivity index (χ4n) is 2.60. The molecule has 0 aliphatic rings. The molecular formula is C22H19NO5S. The predicted molar refractivity (Wildman–Crippen MR) is 110 cm³/mol. The Hall–Kier alpha value is -3.58. The molecule has 3 aromatic carbocycles. The van der Waals surface area contributed by atoms with E-state index in [1.54, 1.807) is 42.5 Å². The highest BCUT2D eigenvalue weighted by Crippen LogP contribution is 2.26. The molecule has 0 aromatic heterocycles. The third-order valence-electron chi connectivity index (χ3n) is 4.17. The molecule has 148 valence electrons. The van der Waals surface area contributed by atoms with E-state index in [4.69, 9.17) is 0 Å². The predicted octanol–water partition coefficient (Wildman–Crippen LogP) is 3.61. The summed E-state index contributed by atoms with van der Waals surface area (Å²) in [6.45, 7) is 1.84. The van der Waals surface area contributed by atoms with Crippen molar-refractivity contribution in [2.75, 3.05) is 0 Å². The first-order valence-electron chi connectivity index (χ1n) is 8.69. The summed E-state index contributed by atoms with van der Waals surface area (Å²) >= 11 is 0. The van der Waals surface area contributed by atoms with E-state index in [-0.39, 0.29) is 22.1 Å². The van der Waals surface area contributed by atoms with Crippen LogP contribution in [0.2, 0.25) is 0 Å². The first-order valence-corrected chi connectivity index (χ1v) is 10.2. The molecule has 0 bridgehead atoms. The Bertz CT molecular complexity index is 1170. The number of hydrogen-bond acceptors (Lipinski definition) is 5. The Morgan fingerprint density at radius 3 is 2.17 bits per heavy atom. The number of Topliss-reactive ketones (excluding diaryl/α,β-unsaturated/α-hetero) is 1. The minimum atomic E-state index is -4.02. The number of aryl methyl sites for hydroxylation is 1. The number of phenolic OH excluding ortho intramolecular Hbond substituents is 2. The van der Waals surface area contributed by atoms with Crippen LogP contribution in [-0.2, 0) is 10.0 Å². The van der Waals surface area contributed by atoms with Gasteiger partial charge in [-0.05, 0) is 42.8 Å². The number of ketones is 1. The van der Waals surface area contributed by atoms with Crippen molar-refractivity contribution in [1.82, 2.24) is 4.72 Å². The highest BCUT2D eigenvalue weighted by atomic mass is 32.2. The summed E-state index contributed by atoms with van der Waals surface area (Å²) < 4.78 is 28.0. The summed E-state index contributed by atoms with van der Waals surface area (Å²) in [5.74, 6) is -1.24. The van der Waals surface area contributed by atoms with Crippen LogP contribution in [0.15, 0.2) is 83.4 Å². The van der Waals surface area contributed by atoms with Gasteiger partial charge in [-0.25, -0.2) is 8.42 Å². The summed E-state index contributed by atoms with van der Waals surface area (Å²) in [5, 5.41) is 19.2. The Kier molecular flexibility index (Phi) is 5.70. The molecule has 0 heterocycles. The number of carbonyl (C=O) groups is 1. The molecule has 0 saturated heterocycles. The van der Waals surface area contributed by atoms with Gasteiger partial charge in [0.1, 0.15) is 0 Å². The number of nitrogens with one attached hydrogen (secondary N) is 1. The van der Waals surface area contributed by atoms with Gasteiger partial charge in [0.15, 0.2) is 11.5 Å². The molecule has 3 N–H and O–H groups in total. The van der Waals surface area contributed by atoms with Crippen LogP contribution in [0.4, 0.5) is 0 Å². The van der Waals surface area contributed by atoms with E-state index in [2.05, 4.69) is 4.72 Å². The van der Waals surface area contributed by atoms with Crippen molar-refractivity contribution in [3.63, 3.8) is 0 Å². The smallest absolute Gasteiger partial charge is 0.262 e. The Morgan fingerprint density at radius 1 is 0.897 bits per heavy atom. The van der Waals surface area contributed by atoms with Crippen molar-refractivity contribution in [1.29, 1.82) is 0 Å². The lowest BCUT2D eigenvalue weighted by molar-refractivity contribution is 0.103. The van der Waals surface area contributed by atoms with Gasteiger partial charge in [0, 0.05) is 5.56 Å². The highest BCUT2D eigenvalue weighted by molar-refractivity contribution is 7.89. The first-order chi connectivity index (χ1) is 13.8. The third-order valence-corrected chi connectivity index (χ3v) is 5.55. The molecule has 0 amide bonds. The molecule has 0 aliphatic carbocycles. The van der Waals surface area contributed by atoms with Crippen molar-refractivity contribution in [3.05, 3.63) is 95.2 Å². The minimum absolute atomic E-state index is 0.0171. The monoisotopic (exact) mass is 409 g/mol. The SMILES string of the molecule is Cc1ccc(S(=O)(=O)NC(=Cc2ccc(O)c(O)c2)C(=O)c2ccccc2)cc1. The zero-order valence-corrected chi connectivity index (χ0v) is 16.3. The van der Waals surface area contributed by atoms with Gasteiger partial charge in [0.05, 0.1) is 10.6 Å². The van der Waals surface area contributed by atoms with Crippen LogP contribution in [0, 0.1) is 6.92 Å². The van der Waals surface area contributed by atoms with Crippen LogP contribution in [0.1, 0.15) is 21.5 Å². The molecule has 0 aliphatic heterocycles. The van der Waals surface area contributed by atoms with E-state index < -0.39 is 15.8 Å². The van der Waals surface area contributed by atoms with E-state index in [0.29, 0.717) is 11.1 Å². The Labute approximate surface area is 168 Å². The molecule has 0 saturated carbocycles. The lowest BCUT2D eigenvalue weighted by atomic mass is 10.1. The fourth-order valence-corrected chi connectivity index (χ4v) is 3.66. The average Bonchev–Trinajstić information content (AvgIpc) is 2.70. The molecular weight excluding hydrogens is 390 g/mol. The quantitative estimate of drug-likeness (QED) is 0.328. The average molecular weight is 409 g/mol. The first kappa shape index (κ1) is 20.2. The normalized spacial score (nSPS) is 11.8. The molecule has 0 spiro atoms. The van der Waals surface area contributed by atoms with E-state index in [0.717, 1.165) is 5.56 Å². The van der Waals surface area contributed by atoms with Crippen LogP contribution in [0.5, 0.6) is 11.5 Å². The summed E-state index contributed by atoms with van der Waals surface area (Å²) in [7, 11) is -4.02. The fraction of sp³-hybridized carbons (Fsp3) is 0.0455. The second kappa shape index (κ2) is 8.20. The summed E-state index contributed by atoms with van der Waals surface area (Å²) in [4.78, 5) is 13.0. The molecule has 0 atom stereocenters. The van der Waals surface area contributed by atoms with Gasteiger partial charge >= 0.3 is 0 Å². The highest BCUT2D eigenvalue weighted by Gasteiger charge is 2.21. The lowest BCUT2D eigenvalue weighted by Crippen LogP contribution is -2.27. The van der Waals surface area contributed by atoms with Crippen molar-refractivity contribution in [2.45, 2.75) is 11.8 Å². The van der Waals surface area contributed by atoms with Crippen LogP contribution in [0.25, 0.3) is 6.08 Å². The second-order valence-electron chi connectivity index (χ2n) is 6.42. The van der Waals surface area contributed by atoms with E-state index in [1.807, 2.05) is 6.92 Å². The zero-order chi connectivity index (χ0) is 21.0. The van der Waals surface area contributed by atoms with Crippen LogP contribution in [0.3, 0.4) is 0 Å². The molecule has 0 unspecified atom stereocenters. The number of sulfonamides is 1. The van der Waals surface area contributed by atoms with Crippen molar-refractivity contribution in [3.8, 4) is 11.5 Å². The van der Waals surface area contributed by atoms with E-state index in [9.17, 15) is 23.4 Å². The maximum atomic E-state index is 13.0. The van der Waals surface area contributed by atoms with Crippen LogP contribution in [-0.4, -0.2) is 24.4 Å². The number of benzene rings is 3. The van der Waals surface area contributed by atoms with Gasteiger partial charge < -0.3 is 10.2 Å². The molecule has 29 heavy (non-hydrogen) atoms. The molecule has 0 radical (unpaired) electrons. The molecule has 3 aromatic rings. The Morgan fingerprint density at radius 2 is 1.55 bits per heavy atom. The Balaban J connectivity index is 2.04. The van der Waals surface area contributed by atoms with Crippen LogP contribution < -0.4 is 4.72 Å². The maximum absolute atomic E-state index is 13.0. The topological polar surface area (TPSA) is 104 Å². The molecule has 7 heteroatoms. The van der Waals surface area contributed by atoms with Gasteiger partial charge in [0.2, 0.25) is 5.78 Å². The van der Waals surface area contributed by atoms with Crippen molar-refractivity contribution in [2.24, 2.45) is 0 Å². The summed E-state index contributed by atoms with van der Waals surface area (Å²) in [5.41, 5.74) is 1.35. The third kappa shape index (κ3) is 4.83. The van der Waals surface area contributed by atoms with Gasteiger partial charge in [0.25, 0.3) is 10.0 Å². The number of carbonyl (C=O) groups excluding carboxylic acids is 1. The lowest BCUT2D eigenvalue weighted by Gasteiger charge is -2.12. The van der Waals surface area contributed by atoms with E-state index >= 15 is 0 Å². The van der Waals surface area contributed by atoms with Crippen LogP contribution >= 0.6 is 0 Å². The number of allylic oxidation sites excluding steroid dienone is 1. The van der Waals surface area contributed by atoms with Gasteiger partial charge in [-0.15, -0.1) is 0 Å². The number of hydrogen-bond donors (Lipinski definition) is 3. The number of aromatic hydroxyl groups is 2. The minimum Gasteiger partial charge on any atom is -0.504 e. The molecule has 0 fully saturated rings. The maximum Gasteiger partial charge on any atom is 0.262 e. The zero-order valence-electron chi connectivity index (χ0n) is 15.5. The molecule has 3 rings (SSSR count). The number of phenols is 2. The summed E-state index contributed by atoms with van der Waals surface area (Å²) in [6, 6.07) is 18.4. The van der Waals surface area contributed by atoms with Gasteiger partial charge in [-0.2, -0.15) is 0 Å². The van der Waals surface area contributed by atoms with Gasteiger partial charge in [-0.3, -0.25) is 9.52 Å². The number of rotatable bonds is 6. The molecule has 6 nitrogen and oxygen atoms in total. The second-order valence-corrected chi connectivity index (χ2v) is 8.10. The standard InChI is InChI=1S/C22H19NO5S/c1-15-7-10-18(11-8-15)29(27,28)23-19(22(26)17-5-3-2-4-6-17)13-16-9-12-20(24)21(25)14-16/h2-14,23-25H,1H3. The van der Waals surface area contributed by atoms with E-state index in [1.165, 1.54) is 36.4 Å². The van der Waals surface area contributed by atoms with Gasteiger partial charge in [-0.1, -0.05) is 54.1 Å². The van der Waals surface area contributed by atoms with Crippen molar-refractivity contribution < 1.29 is 23.4 Å². The summed E-state index contributed by atoms with van der Waals surface area (Å²) in [6.07, 6.45) is 1.31.